The van der Waals surface area contributed by atoms with Gasteiger partial charge < -0.3 is 14.1 Å². The van der Waals surface area contributed by atoms with Crippen molar-refractivity contribution in [2.24, 2.45) is 0 Å². The van der Waals surface area contributed by atoms with Crippen LogP contribution in [0.15, 0.2) is 132 Å². The van der Waals surface area contributed by atoms with Gasteiger partial charge in [-0.2, -0.15) is 0 Å². The highest BCUT2D eigenvalue weighted by atomic mass is 16.3. The van der Waals surface area contributed by atoms with E-state index in [4.69, 9.17) is 4.42 Å². The fourth-order valence-corrected chi connectivity index (χ4v) is 12.1. The van der Waals surface area contributed by atoms with Crippen molar-refractivity contribution in [3.05, 3.63) is 144 Å². The van der Waals surface area contributed by atoms with Crippen LogP contribution in [-0.4, -0.2) is 12.4 Å². The molecule has 296 valence electrons. The molecule has 0 radical (unpaired) electrons. The van der Waals surface area contributed by atoms with Crippen LogP contribution >= 0.6 is 0 Å². The molecular weight excluding hydrogens is 727 g/mol. The van der Waals surface area contributed by atoms with Crippen molar-refractivity contribution in [2.75, 3.05) is 9.71 Å². The number of hydrogen-bond acceptors (Lipinski definition) is 3. The molecule has 4 heterocycles. The SMILES string of the molecule is CC(C)(C)c1ccc(N2B3c4cc(C(C)(C)C)cc5c4N(c4c3c(cc3ccccc43)-c3c2ccc2oc4ccccc4c32)C2(C)CCCCC52C)c(-c2ccccc2)c1. The molecule has 8 aromatic rings. The van der Waals surface area contributed by atoms with E-state index in [1.165, 1.54) is 102 Å². The van der Waals surface area contributed by atoms with Crippen LogP contribution in [0.3, 0.4) is 0 Å². The Kier molecular flexibility index (Phi) is 7.21. The van der Waals surface area contributed by atoms with Crippen molar-refractivity contribution in [3.63, 3.8) is 0 Å². The van der Waals surface area contributed by atoms with E-state index in [0.717, 1.165) is 23.0 Å². The summed E-state index contributed by atoms with van der Waals surface area (Å²) in [5.74, 6) is 0. The van der Waals surface area contributed by atoms with Gasteiger partial charge in [0.15, 0.2) is 0 Å². The predicted octanol–water partition coefficient (Wildman–Crippen LogP) is 14.0. The van der Waals surface area contributed by atoms with Gasteiger partial charge in [-0.25, -0.2) is 0 Å². The maximum Gasteiger partial charge on any atom is 0.333 e. The molecule has 2 unspecified atom stereocenters. The van der Waals surface area contributed by atoms with E-state index < -0.39 is 0 Å². The molecule has 12 rings (SSSR count). The van der Waals surface area contributed by atoms with Gasteiger partial charge in [0.2, 0.25) is 0 Å². The first-order chi connectivity index (χ1) is 28.8. The molecule has 4 aliphatic rings. The van der Waals surface area contributed by atoms with Crippen LogP contribution in [0.25, 0.3) is 55.0 Å². The molecule has 1 fully saturated rings. The lowest BCUT2D eigenvalue weighted by Crippen LogP contribution is -2.65. The first kappa shape index (κ1) is 36.1. The van der Waals surface area contributed by atoms with Crippen LogP contribution in [-0.2, 0) is 16.2 Å². The minimum Gasteiger partial charge on any atom is -0.456 e. The maximum absolute atomic E-state index is 6.74. The van der Waals surface area contributed by atoms with Gasteiger partial charge in [0.05, 0.1) is 5.54 Å². The molecule has 0 amide bonds. The highest BCUT2D eigenvalue weighted by Crippen LogP contribution is 2.64. The van der Waals surface area contributed by atoms with E-state index in [0.29, 0.717) is 0 Å². The van der Waals surface area contributed by atoms with Gasteiger partial charge in [-0.1, -0.05) is 152 Å². The molecule has 4 heteroatoms. The largest absolute Gasteiger partial charge is 0.456 e. The second kappa shape index (κ2) is 12.0. The molecule has 2 atom stereocenters. The van der Waals surface area contributed by atoms with Gasteiger partial charge in [-0.3, -0.25) is 0 Å². The summed E-state index contributed by atoms with van der Waals surface area (Å²) in [6.45, 7) is 19.3. The zero-order chi connectivity index (χ0) is 41.1. The summed E-state index contributed by atoms with van der Waals surface area (Å²) in [6.07, 6.45) is 4.85. The first-order valence-electron chi connectivity index (χ1n) is 22.3. The number of hydrogen-bond donors (Lipinski definition) is 0. The van der Waals surface area contributed by atoms with Crippen molar-refractivity contribution in [1.82, 2.24) is 0 Å². The van der Waals surface area contributed by atoms with Gasteiger partial charge in [0, 0.05) is 55.5 Å². The summed E-state index contributed by atoms with van der Waals surface area (Å²) in [5, 5.41) is 4.99. The summed E-state index contributed by atoms with van der Waals surface area (Å²) >= 11 is 0. The van der Waals surface area contributed by atoms with Crippen LogP contribution in [0.5, 0.6) is 0 Å². The average molecular weight is 781 g/mol. The van der Waals surface area contributed by atoms with E-state index in [2.05, 4.69) is 192 Å². The molecule has 0 spiro atoms. The van der Waals surface area contributed by atoms with Crippen LogP contribution in [0.4, 0.5) is 22.7 Å². The predicted molar refractivity (Wildman–Crippen MR) is 256 cm³/mol. The second-order valence-electron chi connectivity index (χ2n) is 20.8. The molecule has 0 bridgehead atoms. The number of furan rings is 1. The zero-order valence-electron chi connectivity index (χ0n) is 36.3. The highest BCUT2D eigenvalue weighted by Gasteiger charge is 2.62. The highest BCUT2D eigenvalue weighted by molar-refractivity contribution is 6.94. The van der Waals surface area contributed by atoms with E-state index >= 15 is 0 Å². The molecule has 0 saturated heterocycles. The Morgan fingerprint density at radius 3 is 2.08 bits per heavy atom. The fourth-order valence-electron chi connectivity index (χ4n) is 12.1. The number of fused-ring (bicyclic) bond motifs is 13. The van der Waals surface area contributed by atoms with E-state index in [9.17, 15) is 0 Å². The second-order valence-corrected chi connectivity index (χ2v) is 20.8. The Morgan fingerprint density at radius 2 is 1.30 bits per heavy atom. The average Bonchev–Trinajstić information content (AvgIpc) is 3.72. The number of benzene rings is 7. The van der Waals surface area contributed by atoms with E-state index in [1.54, 1.807) is 5.56 Å². The fraction of sp³-hybridized carbons (Fsp3) is 0.286. The minimum absolute atomic E-state index is 0.0107. The third kappa shape index (κ3) is 4.63. The van der Waals surface area contributed by atoms with Gasteiger partial charge >= 0.3 is 6.85 Å². The van der Waals surface area contributed by atoms with Crippen molar-refractivity contribution < 1.29 is 4.42 Å². The van der Waals surface area contributed by atoms with E-state index in [-0.39, 0.29) is 28.6 Å². The van der Waals surface area contributed by atoms with Crippen molar-refractivity contribution in [3.8, 4) is 22.3 Å². The Bertz CT molecular complexity index is 3130. The van der Waals surface area contributed by atoms with Crippen LogP contribution in [0, 0.1) is 0 Å². The molecule has 1 aliphatic carbocycles. The quantitative estimate of drug-likeness (QED) is 0.163. The van der Waals surface area contributed by atoms with Crippen molar-refractivity contribution in [2.45, 2.75) is 103 Å². The van der Waals surface area contributed by atoms with Gasteiger partial charge in [-0.15, -0.1) is 0 Å². The Morgan fingerprint density at radius 1 is 0.600 bits per heavy atom. The molecule has 3 nitrogen and oxygen atoms in total. The Labute approximate surface area is 355 Å². The van der Waals surface area contributed by atoms with Crippen LogP contribution < -0.4 is 20.6 Å². The molecule has 60 heavy (non-hydrogen) atoms. The monoisotopic (exact) mass is 780 g/mol. The van der Waals surface area contributed by atoms with Crippen molar-refractivity contribution >= 4 is 73.2 Å². The summed E-state index contributed by atoms with van der Waals surface area (Å²) in [6, 6.07) is 48.7. The number of nitrogens with zero attached hydrogens (tertiary/aromatic N) is 2. The van der Waals surface area contributed by atoms with E-state index in [1.807, 2.05) is 0 Å². The molecule has 3 aliphatic heterocycles. The summed E-state index contributed by atoms with van der Waals surface area (Å²) < 4.78 is 6.74. The van der Waals surface area contributed by atoms with Crippen LogP contribution in [0.1, 0.15) is 97.8 Å². The Hall–Kier alpha value is -5.74. The zero-order valence-corrected chi connectivity index (χ0v) is 36.3. The first-order valence-corrected chi connectivity index (χ1v) is 22.3. The van der Waals surface area contributed by atoms with Crippen molar-refractivity contribution in [1.29, 1.82) is 0 Å². The number of para-hydroxylation sites is 1. The molecule has 7 aromatic carbocycles. The third-order valence-electron chi connectivity index (χ3n) is 15.5. The summed E-state index contributed by atoms with van der Waals surface area (Å²) in [7, 11) is 0. The topological polar surface area (TPSA) is 19.6 Å². The van der Waals surface area contributed by atoms with Gasteiger partial charge in [-0.05, 0) is 111 Å². The third-order valence-corrected chi connectivity index (χ3v) is 15.5. The van der Waals surface area contributed by atoms with Crippen LogP contribution in [0.2, 0.25) is 0 Å². The number of anilines is 4. The summed E-state index contributed by atoms with van der Waals surface area (Å²) in [5.41, 5.74) is 19.2. The smallest absolute Gasteiger partial charge is 0.333 e. The Balaban J connectivity index is 1.31. The lowest BCUT2D eigenvalue weighted by molar-refractivity contribution is 0.195. The summed E-state index contributed by atoms with van der Waals surface area (Å²) in [4.78, 5) is 5.66. The number of rotatable bonds is 2. The van der Waals surface area contributed by atoms with Gasteiger partial charge in [0.1, 0.15) is 11.2 Å². The standard InChI is InChI=1S/C56H53BN2O/c1-53(2,3)36-24-25-44(40(31-36)34-18-10-9-11-19-34)59-45-26-27-47-49(39-22-14-15-23-46(39)60-47)48(45)41-30-35-20-12-13-21-38(35)51-50(41)57(59)43-33-37(54(4,5)6)32-42-52(43)58(51)56(8)29-17-16-28-55(42,56)7/h9-15,18-27,30-33H,16-17,28-29H2,1-8H3. The molecule has 0 N–H and O–H groups in total. The van der Waals surface area contributed by atoms with Gasteiger partial charge in [0.25, 0.3) is 0 Å². The minimum atomic E-state index is -0.0925. The normalized spacial score (nSPS) is 20.4. The maximum atomic E-state index is 6.74. The lowest BCUT2D eigenvalue weighted by atomic mass is 9.42. The molecule has 1 saturated carbocycles. The molecular formula is C56H53BN2O. The molecule has 1 aromatic heterocycles. The lowest BCUT2D eigenvalue weighted by Gasteiger charge is -2.53.